The van der Waals surface area contributed by atoms with E-state index in [9.17, 15) is 9.59 Å². The summed E-state index contributed by atoms with van der Waals surface area (Å²) < 4.78 is 3.64. The zero-order chi connectivity index (χ0) is 24.8. The normalized spacial score (nSPS) is 18.0. The van der Waals surface area contributed by atoms with Gasteiger partial charge in [0.2, 0.25) is 0 Å². The number of benzene rings is 2. The van der Waals surface area contributed by atoms with Crippen molar-refractivity contribution in [1.29, 1.82) is 0 Å². The van der Waals surface area contributed by atoms with Gasteiger partial charge < -0.3 is 5.73 Å². The number of anilines is 1. The molecule has 1 saturated carbocycles. The van der Waals surface area contributed by atoms with E-state index in [0.717, 1.165) is 41.4 Å². The molecule has 1 aliphatic carbocycles. The van der Waals surface area contributed by atoms with Crippen molar-refractivity contribution in [1.82, 2.24) is 29.8 Å². The lowest BCUT2D eigenvalue weighted by Gasteiger charge is -2.28. The Kier molecular flexibility index (Phi) is 5.25. The van der Waals surface area contributed by atoms with E-state index in [1.807, 2.05) is 59.4 Å². The minimum Gasteiger partial charge on any atom is -0.382 e. The van der Waals surface area contributed by atoms with Crippen LogP contribution < -0.4 is 11.3 Å². The Morgan fingerprint density at radius 2 is 2.00 bits per heavy atom. The van der Waals surface area contributed by atoms with Crippen LogP contribution in [0.25, 0.3) is 38.8 Å². The molecule has 180 valence electrons. The fourth-order valence-electron chi connectivity index (χ4n) is 5.35. The first-order valence-corrected chi connectivity index (χ1v) is 12.0. The van der Waals surface area contributed by atoms with Gasteiger partial charge in [0.15, 0.2) is 11.6 Å². The molecule has 2 aromatic carbocycles. The third-order valence-electron chi connectivity index (χ3n) is 7.10. The highest BCUT2D eigenvalue weighted by Gasteiger charge is 2.30. The number of carbonyl (C=O) groups is 1. The Balaban J connectivity index is 1.49. The number of fused-ring (bicyclic) bond motifs is 2. The maximum atomic E-state index is 13.0. The molecule has 0 saturated heterocycles. The molecule has 0 radical (unpaired) electrons. The zero-order valence-electron chi connectivity index (χ0n) is 19.6. The van der Waals surface area contributed by atoms with Gasteiger partial charge in [-0.2, -0.15) is 15.3 Å². The number of rotatable bonds is 5. The molecule has 5 aromatic rings. The second-order valence-electron chi connectivity index (χ2n) is 9.24. The van der Waals surface area contributed by atoms with Crippen LogP contribution in [0, 0.1) is 5.92 Å². The first-order valence-electron chi connectivity index (χ1n) is 12.0. The summed E-state index contributed by atoms with van der Waals surface area (Å²) in [4.78, 5) is 25.3. The van der Waals surface area contributed by atoms with Crippen molar-refractivity contribution in [3.8, 4) is 16.9 Å². The summed E-state index contributed by atoms with van der Waals surface area (Å²) >= 11 is 0. The number of hydrogen-bond donors (Lipinski definition) is 2. The number of H-pyrrole nitrogens is 1. The summed E-state index contributed by atoms with van der Waals surface area (Å²) in [5.74, 6) is 0.121. The summed E-state index contributed by atoms with van der Waals surface area (Å²) in [6.45, 7) is 3.64. The average molecular weight is 480 g/mol. The van der Waals surface area contributed by atoms with Gasteiger partial charge >= 0.3 is 0 Å². The van der Waals surface area contributed by atoms with Crippen LogP contribution in [0.3, 0.4) is 0 Å². The Labute approximate surface area is 206 Å². The smallest absolute Gasteiger partial charge is 0.290 e. The van der Waals surface area contributed by atoms with Gasteiger partial charge in [0.05, 0.1) is 28.8 Å². The molecule has 0 amide bonds. The molecule has 9 heteroatoms. The van der Waals surface area contributed by atoms with Crippen LogP contribution in [0.15, 0.2) is 72.2 Å². The van der Waals surface area contributed by atoms with Gasteiger partial charge in [-0.3, -0.25) is 14.3 Å². The van der Waals surface area contributed by atoms with Gasteiger partial charge in [0, 0.05) is 16.9 Å². The molecule has 0 spiro atoms. The van der Waals surface area contributed by atoms with Gasteiger partial charge in [-0.25, -0.2) is 9.78 Å². The summed E-state index contributed by atoms with van der Waals surface area (Å²) in [6.07, 6.45) is 6.31. The van der Waals surface area contributed by atoms with Crippen molar-refractivity contribution in [3.05, 3.63) is 77.7 Å². The van der Waals surface area contributed by atoms with Crippen LogP contribution in [0.1, 0.15) is 31.7 Å². The molecule has 1 aliphatic rings. The number of nitrogens with zero attached hydrogens (tertiary/aromatic N) is 5. The lowest BCUT2D eigenvalue weighted by atomic mass is 9.83. The van der Waals surface area contributed by atoms with Crippen LogP contribution in [-0.4, -0.2) is 35.5 Å². The second kappa shape index (κ2) is 8.60. The molecular weight excluding hydrogens is 454 g/mol. The van der Waals surface area contributed by atoms with Crippen molar-refractivity contribution in [3.63, 3.8) is 0 Å². The molecule has 3 heterocycles. The number of ketones is 1. The van der Waals surface area contributed by atoms with E-state index in [-0.39, 0.29) is 29.1 Å². The number of allylic oxidation sites excluding steroid dienone is 1. The monoisotopic (exact) mass is 479 g/mol. The molecule has 9 nitrogen and oxygen atoms in total. The Morgan fingerprint density at radius 3 is 2.81 bits per heavy atom. The van der Waals surface area contributed by atoms with Gasteiger partial charge in [-0.05, 0) is 49.6 Å². The fourth-order valence-corrected chi connectivity index (χ4v) is 5.35. The molecule has 0 aliphatic heterocycles. The minimum atomic E-state index is -0.354. The van der Waals surface area contributed by atoms with E-state index in [1.54, 1.807) is 4.68 Å². The molecule has 1 fully saturated rings. The number of para-hydroxylation sites is 1. The van der Waals surface area contributed by atoms with E-state index in [1.165, 1.54) is 6.08 Å². The largest absolute Gasteiger partial charge is 0.382 e. The second-order valence-corrected chi connectivity index (χ2v) is 9.24. The highest BCUT2D eigenvalue weighted by molar-refractivity contribution is 6.01. The third-order valence-corrected chi connectivity index (χ3v) is 7.10. The predicted molar refractivity (Wildman–Crippen MR) is 139 cm³/mol. The molecule has 3 aromatic heterocycles. The van der Waals surface area contributed by atoms with Crippen molar-refractivity contribution < 1.29 is 4.79 Å². The molecule has 3 N–H and O–H groups in total. The molecular formula is C27H25N7O2. The van der Waals surface area contributed by atoms with E-state index < -0.39 is 0 Å². The number of nitrogens with two attached hydrogens (primary N) is 1. The number of nitrogen functional groups attached to an aromatic ring is 1. The highest BCUT2D eigenvalue weighted by Crippen LogP contribution is 2.38. The first-order chi connectivity index (χ1) is 17.5. The summed E-state index contributed by atoms with van der Waals surface area (Å²) in [7, 11) is 0. The van der Waals surface area contributed by atoms with Gasteiger partial charge in [0.1, 0.15) is 11.2 Å². The molecule has 6 rings (SSSR count). The number of nitrogens with one attached hydrogen (secondary N) is 1. The lowest BCUT2D eigenvalue weighted by molar-refractivity contribution is -0.119. The van der Waals surface area contributed by atoms with E-state index in [2.05, 4.69) is 21.9 Å². The summed E-state index contributed by atoms with van der Waals surface area (Å²) in [6, 6.07) is 15.8. The SMILES string of the molecule is C=CC(=O)C1CCC[C@@H](n2nc(-c3ccc4c(cnn4-c4ccccc4)c3)c3c(N)n[nH]c(=O)c32)C1. The fraction of sp³-hybridized carbons (Fsp3) is 0.222. The van der Waals surface area contributed by atoms with Crippen molar-refractivity contribution in [2.24, 2.45) is 5.92 Å². The molecule has 0 bridgehead atoms. The summed E-state index contributed by atoms with van der Waals surface area (Å²) in [5.41, 5.74) is 9.63. The number of aromatic nitrogens is 6. The van der Waals surface area contributed by atoms with Crippen LogP contribution >= 0.6 is 0 Å². The number of carbonyl (C=O) groups excluding carboxylic acids is 1. The number of hydrogen-bond acceptors (Lipinski definition) is 6. The third kappa shape index (κ3) is 3.51. The van der Waals surface area contributed by atoms with Gasteiger partial charge in [-0.15, -0.1) is 0 Å². The van der Waals surface area contributed by atoms with Crippen molar-refractivity contribution in [2.75, 3.05) is 5.73 Å². The lowest BCUT2D eigenvalue weighted by Crippen LogP contribution is -2.26. The average Bonchev–Trinajstić information content (AvgIpc) is 3.53. The van der Waals surface area contributed by atoms with E-state index in [0.29, 0.717) is 23.0 Å². The Bertz CT molecular complexity index is 1680. The molecule has 1 unspecified atom stereocenters. The topological polar surface area (TPSA) is 124 Å². The van der Waals surface area contributed by atoms with Crippen molar-refractivity contribution in [2.45, 2.75) is 31.7 Å². The van der Waals surface area contributed by atoms with Crippen LogP contribution in [-0.2, 0) is 4.79 Å². The zero-order valence-corrected chi connectivity index (χ0v) is 19.6. The van der Waals surface area contributed by atoms with Crippen LogP contribution in [0.5, 0.6) is 0 Å². The molecule has 2 atom stereocenters. The Hall–Kier alpha value is -4.53. The quantitative estimate of drug-likeness (QED) is 0.364. The van der Waals surface area contributed by atoms with Crippen LogP contribution in [0.4, 0.5) is 5.82 Å². The maximum absolute atomic E-state index is 13.0. The molecule has 36 heavy (non-hydrogen) atoms. The van der Waals surface area contributed by atoms with Gasteiger partial charge in [-0.1, -0.05) is 37.3 Å². The van der Waals surface area contributed by atoms with Gasteiger partial charge in [0.25, 0.3) is 5.56 Å². The van der Waals surface area contributed by atoms with E-state index >= 15 is 0 Å². The van der Waals surface area contributed by atoms with E-state index in [4.69, 9.17) is 10.8 Å². The van der Waals surface area contributed by atoms with Crippen LogP contribution in [0.2, 0.25) is 0 Å². The predicted octanol–water partition coefficient (Wildman–Crippen LogP) is 4.19. The Morgan fingerprint density at radius 1 is 1.17 bits per heavy atom. The minimum absolute atomic E-state index is 0.0346. The number of aromatic amines is 1. The first kappa shape index (κ1) is 22.0. The standard InChI is InChI=1S/C27H25N7O2/c1-2-22(35)16-7-6-10-20(14-16)34-25-23(26(28)30-31-27(25)36)24(32-34)17-11-12-21-18(13-17)15-29-33(21)19-8-4-3-5-9-19/h2-5,8-9,11-13,15-16,20H,1,6-7,10,14H2,(H2,28,30)(H,31,36)/t16?,20-/m1/s1. The summed E-state index contributed by atoms with van der Waals surface area (Å²) in [5, 5.41) is 17.4. The maximum Gasteiger partial charge on any atom is 0.290 e. The van der Waals surface area contributed by atoms with Crippen molar-refractivity contribution >= 4 is 33.4 Å². The highest BCUT2D eigenvalue weighted by atomic mass is 16.1.